The van der Waals surface area contributed by atoms with E-state index >= 15 is 0 Å². The first kappa shape index (κ1) is 17.2. The summed E-state index contributed by atoms with van der Waals surface area (Å²) in [6, 6.07) is 14.3. The average molecular weight is 337 g/mol. The number of hydrogen-bond acceptors (Lipinski definition) is 4. The Kier molecular flexibility index (Phi) is 5.81. The average Bonchev–Trinajstić information content (AvgIpc) is 2.67. The van der Waals surface area contributed by atoms with Gasteiger partial charge in [-0.25, -0.2) is 0 Å². The van der Waals surface area contributed by atoms with Crippen LogP contribution in [0.5, 0.6) is 17.2 Å². The lowest BCUT2D eigenvalue weighted by Gasteiger charge is -2.22. The Morgan fingerprint density at radius 2 is 1.96 bits per heavy atom. The number of fused-ring (bicyclic) bond motifs is 1. The molecule has 4 heteroatoms. The smallest absolute Gasteiger partial charge is 0.161 e. The molecule has 130 valence electrons. The van der Waals surface area contributed by atoms with Gasteiger partial charge in [-0.3, -0.25) is 0 Å². The fraction of sp³-hybridized carbons (Fsp3) is 0.333. The van der Waals surface area contributed by atoms with Gasteiger partial charge in [-0.1, -0.05) is 37.1 Å². The maximum atomic E-state index is 5.69. The summed E-state index contributed by atoms with van der Waals surface area (Å²) in [5.74, 6) is 4.97. The highest BCUT2D eigenvalue weighted by Crippen LogP contribution is 2.33. The van der Waals surface area contributed by atoms with E-state index in [1.165, 1.54) is 5.56 Å². The minimum atomic E-state index is 0.219. The molecule has 0 amide bonds. The molecule has 1 atom stereocenters. The number of rotatable bonds is 7. The predicted molar refractivity (Wildman–Crippen MR) is 98.1 cm³/mol. The number of nitrogens with one attached hydrogen (secondary N) is 1. The molecule has 2 aromatic rings. The van der Waals surface area contributed by atoms with Crippen LogP contribution in [0.25, 0.3) is 0 Å². The second-order valence-electron chi connectivity index (χ2n) is 5.85. The zero-order chi connectivity index (χ0) is 17.5. The quantitative estimate of drug-likeness (QED) is 0.782. The van der Waals surface area contributed by atoms with Crippen molar-refractivity contribution in [1.82, 2.24) is 5.32 Å². The van der Waals surface area contributed by atoms with Crippen LogP contribution < -0.4 is 19.5 Å². The van der Waals surface area contributed by atoms with Gasteiger partial charge in [0, 0.05) is 18.2 Å². The van der Waals surface area contributed by atoms with E-state index in [9.17, 15) is 0 Å². The van der Waals surface area contributed by atoms with Gasteiger partial charge >= 0.3 is 0 Å². The summed E-state index contributed by atoms with van der Waals surface area (Å²) >= 11 is 0. The Balaban J connectivity index is 1.70. The SMILES string of the molecule is C#CCOc1ccccc1CNC(CC)c1ccc2c(c1)OCCO2. The molecule has 1 heterocycles. The van der Waals surface area contributed by atoms with E-state index in [2.05, 4.69) is 36.4 Å². The summed E-state index contributed by atoms with van der Waals surface area (Å²) < 4.78 is 16.9. The Bertz CT molecular complexity index is 751. The highest BCUT2D eigenvalue weighted by molar-refractivity contribution is 5.44. The van der Waals surface area contributed by atoms with Crippen LogP contribution in [-0.2, 0) is 6.54 Å². The van der Waals surface area contributed by atoms with E-state index in [1.54, 1.807) is 0 Å². The van der Waals surface area contributed by atoms with Crippen LogP contribution >= 0.6 is 0 Å². The number of terminal acetylenes is 1. The van der Waals surface area contributed by atoms with Gasteiger partial charge in [0.25, 0.3) is 0 Å². The van der Waals surface area contributed by atoms with Crippen LogP contribution in [0.15, 0.2) is 42.5 Å². The molecular formula is C21H23NO3. The van der Waals surface area contributed by atoms with Crippen molar-refractivity contribution in [2.45, 2.75) is 25.9 Å². The van der Waals surface area contributed by atoms with Crippen molar-refractivity contribution in [1.29, 1.82) is 0 Å². The summed E-state index contributed by atoms with van der Waals surface area (Å²) in [6.45, 7) is 4.34. The first-order valence-corrected chi connectivity index (χ1v) is 8.59. The van der Waals surface area contributed by atoms with E-state index in [4.69, 9.17) is 20.6 Å². The minimum Gasteiger partial charge on any atom is -0.486 e. The first-order valence-electron chi connectivity index (χ1n) is 8.59. The molecular weight excluding hydrogens is 314 g/mol. The van der Waals surface area contributed by atoms with Gasteiger partial charge in [-0.05, 0) is 30.2 Å². The zero-order valence-electron chi connectivity index (χ0n) is 14.5. The van der Waals surface area contributed by atoms with Crippen LogP contribution in [0.3, 0.4) is 0 Å². The van der Waals surface area contributed by atoms with Crippen LogP contribution in [0.1, 0.15) is 30.5 Å². The fourth-order valence-corrected chi connectivity index (χ4v) is 2.92. The number of ether oxygens (including phenoxy) is 3. The van der Waals surface area contributed by atoms with Crippen LogP contribution in [0, 0.1) is 12.3 Å². The highest BCUT2D eigenvalue weighted by atomic mass is 16.6. The van der Waals surface area contributed by atoms with E-state index < -0.39 is 0 Å². The molecule has 4 nitrogen and oxygen atoms in total. The van der Waals surface area contributed by atoms with E-state index in [0.717, 1.165) is 29.2 Å². The number of para-hydroxylation sites is 1. The molecule has 0 saturated heterocycles. The summed E-state index contributed by atoms with van der Waals surface area (Å²) in [5.41, 5.74) is 2.28. The van der Waals surface area contributed by atoms with Gasteiger partial charge in [-0.15, -0.1) is 6.42 Å². The number of hydrogen-bond donors (Lipinski definition) is 1. The molecule has 0 radical (unpaired) electrons. The molecule has 1 unspecified atom stereocenters. The van der Waals surface area contributed by atoms with Crippen molar-refractivity contribution >= 4 is 0 Å². The second kappa shape index (κ2) is 8.46. The molecule has 0 fully saturated rings. The molecule has 25 heavy (non-hydrogen) atoms. The fourth-order valence-electron chi connectivity index (χ4n) is 2.92. The molecule has 1 N–H and O–H groups in total. The highest BCUT2D eigenvalue weighted by Gasteiger charge is 2.16. The minimum absolute atomic E-state index is 0.219. The molecule has 1 aliphatic rings. The lowest BCUT2D eigenvalue weighted by atomic mass is 10.0. The van der Waals surface area contributed by atoms with E-state index in [1.807, 2.05) is 24.3 Å². The monoisotopic (exact) mass is 337 g/mol. The van der Waals surface area contributed by atoms with Gasteiger partial charge in [0.2, 0.25) is 0 Å². The van der Waals surface area contributed by atoms with Crippen LogP contribution in [0.4, 0.5) is 0 Å². The topological polar surface area (TPSA) is 39.7 Å². The third kappa shape index (κ3) is 4.26. The predicted octanol–water partition coefficient (Wildman–Crippen LogP) is 3.71. The Hall–Kier alpha value is -2.64. The molecule has 0 aromatic heterocycles. The van der Waals surface area contributed by atoms with Gasteiger partial charge < -0.3 is 19.5 Å². The summed E-state index contributed by atoms with van der Waals surface area (Å²) in [7, 11) is 0. The van der Waals surface area contributed by atoms with Crippen molar-refractivity contribution in [3.05, 3.63) is 53.6 Å². The lowest BCUT2D eigenvalue weighted by Crippen LogP contribution is -2.21. The van der Waals surface area contributed by atoms with Crippen molar-refractivity contribution < 1.29 is 14.2 Å². The second-order valence-corrected chi connectivity index (χ2v) is 5.85. The van der Waals surface area contributed by atoms with E-state index in [0.29, 0.717) is 19.8 Å². The molecule has 2 aromatic carbocycles. The molecule has 0 bridgehead atoms. The maximum Gasteiger partial charge on any atom is 0.161 e. The van der Waals surface area contributed by atoms with Gasteiger partial charge in [0.1, 0.15) is 25.6 Å². The normalized spacial score (nSPS) is 13.8. The summed E-state index contributed by atoms with van der Waals surface area (Å²) in [4.78, 5) is 0. The molecule has 0 aliphatic carbocycles. The van der Waals surface area contributed by atoms with E-state index in [-0.39, 0.29) is 12.6 Å². The molecule has 1 aliphatic heterocycles. The van der Waals surface area contributed by atoms with Crippen LogP contribution in [-0.4, -0.2) is 19.8 Å². The van der Waals surface area contributed by atoms with Crippen LogP contribution in [0.2, 0.25) is 0 Å². The maximum absolute atomic E-state index is 5.69. The first-order chi connectivity index (χ1) is 12.3. The van der Waals surface area contributed by atoms with Crippen molar-refractivity contribution in [2.75, 3.05) is 19.8 Å². The number of benzene rings is 2. The van der Waals surface area contributed by atoms with Crippen molar-refractivity contribution in [3.63, 3.8) is 0 Å². The Morgan fingerprint density at radius 1 is 1.16 bits per heavy atom. The lowest BCUT2D eigenvalue weighted by molar-refractivity contribution is 0.171. The largest absolute Gasteiger partial charge is 0.486 e. The van der Waals surface area contributed by atoms with Gasteiger partial charge in [-0.2, -0.15) is 0 Å². The zero-order valence-corrected chi connectivity index (χ0v) is 14.5. The summed E-state index contributed by atoms with van der Waals surface area (Å²) in [5, 5.41) is 3.60. The third-order valence-electron chi connectivity index (χ3n) is 4.20. The Morgan fingerprint density at radius 3 is 2.76 bits per heavy atom. The van der Waals surface area contributed by atoms with Crippen molar-refractivity contribution in [2.24, 2.45) is 0 Å². The standard InChI is InChI=1S/C21H23NO3/c1-3-11-23-19-8-6-5-7-17(19)15-22-18(4-2)16-9-10-20-21(14-16)25-13-12-24-20/h1,5-10,14,18,22H,4,11-13,15H2,2H3. The van der Waals surface area contributed by atoms with Crippen molar-refractivity contribution in [3.8, 4) is 29.6 Å². The molecule has 0 spiro atoms. The Labute approximate surface area is 149 Å². The molecule has 3 rings (SSSR count). The van der Waals surface area contributed by atoms with Gasteiger partial charge in [0.05, 0.1) is 0 Å². The molecule has 0 saturated carbocycles. The third-order valence-corrected chi connectivity index (χ3v) is 4.20. The van der Waals surface area contributed by atoms with Gasteiger partial charge in [0.15, 0.2) is 11.5 Å². The summed E-state index contributed by atoms with van der Waals surface area (Å²) in [6.07, 6.45) is 6.25.